The number of amides is 1. The van der Waals surface area contributed by atoms with Gasteiger partial charge in [0.05, 0.1) is 0 Å². The van der Waals surface area contributed by atoms with Crippen molar-refractivity contribution in [2.45, 2.75) is 84.5 Å². The first-order valence-electron chi connectivity index (χ1n) is 11.2. The van der Waals surface area contributed by atoms with Gasteiger partial charge in [-0.1, -0.05) is 26.0 Å². The van der Waals surface area contributed by atoms with E-state index >= 15 is 0 Å². The zero-order valence-electron chi connectivity index (χ0n) is 20.4. The molecule has 0 aliphatic carbocycles. The molecule has 1 amide bonds. The highest BCUT2D eigenvalue weighted by molar-refractivity contribution is 5.73. The third kappa shape index (κ3) is 7.72. The molecular weight excluding hydrogens is 446 g/mol. The molecule has 1 aromatic carbocycles. The van der Waals surface area contributed by atoms with Gasteiger partial charge in [-0.05, 0) is 30.0 Å². The minimum absolute atomic E-state index is 0.287. The largest absolute Gasteiger partial charge is 0.463 e. The standard InChI is InChI=1S/C24H33NO9/c1-7-13(2)18-8-10-19(11-9-18)33-24-21(25-14(3)26)23(32-17(6)29)22(31-16(5)28)20(34-24)12-30-15(4)27/h8-11,13,20-24H,7,12H2,1-6H3,(H,25,26)/t13-,20+,21-,22-,23+,24+/m0/s1. The lowest BCUT2D eigenvalue weighted by Crippen LogP contribution is -2.67. The second kappa shape index (κ2) is 12.4. The van der Waals surface area contributed by atoms with Crippen LogP contribution in [0.4, 0.5) is 0 Å². The van der Waals surface area contributed by atoms with Gasteiger partial charge in [-0.3, -0.25) is 19.2 Å². The second-order valence-electron chi connectivity index (χ2n) is 8.22. The third-order valence-corrected chi connectivity index (χ3v) is 5.38. The molecule has 0 saturated carbocycles. The smallest absolute Gasteiger partial charge is 0.303 e. The van der Waals surface area contributed by atoms with Crippen molar-refractivity contribution in [2.75, 3.05) is 6.61 Å². The molecule has 0 unspecified atom stereocenters. The van der Waals surface area contributed by atoms with E-state index in [1.165, 1.54) is 27.7 Å². The molecule has 10 heteroatoms. The van der Waals surface area contributed by atoms with Crippen molar-refractivity contribution in [3.8, 4) is 5.75 Å². The molecule has 1 N–H and O–H groups in total. The van der Waals surface area contributed by atoms with E-state index in [-0.39, 0.29) is 6.61 Å². The molecular formula is C24H33NO9. The van der Waals surface area contributed by atoms with Crippen LogP contribution in [-0.4, -0.2) is 61.1 Å². The first-order valence-corrected chi connectivity index (χ1v) is 11.2. The van der Waals surface area contributed by atoms with Crippen molar-refractivity contribution in [1.29, 1.82) is 0 Å². The maximum Gasteiger partial charge on any atom is 0.303 e. The molecule has 34 heavy (non-hydrogen) atoms. The molecule has 0 bridgehead atoms. The highest BCUT2D eigenvalue weighted by Gasteiger charge is 2.51. The predicted octanol–water partition coefficient (Wildman–Crippen LogP) is 2.23. The highest BCUT2D eigenvalue weighted by Crippen LogP contribution is 2.30. The van der Waals surface area contributed by atoms with Crippen LogP contribution in [-0.2, 0) is 38.1 Å². The molecule has 1 heterocycles. The number of benzene rings is 1. The average Bonchev–Trinajstić information content (AvgIpc) is 2.75. The van der Waals surface area contributed by atoms with Gasteiger partial charge in [-0.25, -0.2) is 0 Å². The van der Waals surface area contributed by atoms with Crippen LogP contribution in [0.15, 0.2) is 24.3 Å². The van der Waals surface area contributed by atoms with Crippen LogP contribution in [0.2, 0.25) is 0 Å². The molecule has 1 aromatic rings. The zero-order chi connectivity index (χ0) is 25.4. The van der Waals surface area contributed by atoms with Gasteiger partial charge in [0.2, 0.25) is 12.2 Å². The number of hydrogen-bond acceptors (Lipinski definition) is 9. The third-order valence-electron chi connectivity index (χ3n) is 5.38. The Morgan fingerprint density at radius 1 is 0.941 bits per heavy atom. The van der Waals surface area contributed by atoms with E-state index in [2.05, 4.69) is 19.2 Å². The van der Waals surface area contributed by atoms with E-state index in [0.29, 0.717) is 11.7 Å². The second-order valence-corrected chi connectivity index (χ2v) is 8.22. The predicted molar refractivity (Wildman–Crippen MR) is 120 cm³/mol. The first-order chi connectivity index (χ1) is 16.0. The molecule has 2 rings (SSSR count). The number of carbonyl (C=O) groups is 4. The Labute approximate surface area is 199 Å². The minimum Gasteiger partial charge on any atom is -0.463 e. The summed E-state index contributed by atoms with van der Waals surface area (Å²) in [5.41, 5.74) is 1.14. The number of esters is 3. The number of rotatable bonds is 9. The van der Waals surface area contributed by atoms with Gasteiger partial charge >= 0.3 is 17.9 Å². The van der Waals surface area contributed by atoms with Crippen molar-refractivity contribution in [1.82, 2.24) is 5.32 Å². The lowest BCUT2D eigenvalue weighted by Gasteiger charge is -2.44. The Kier molecular flexibility index (Phi) is 9.85. The Bertz CT molecular complexity index is 870. The summed E-state index contributed by atoms with van der Waals surface area (Å²) in [5, 5.41) is 2.67. The normalized spacial score (nSPS) is 24.9. The van der Waals surface area contributed by atoms with E-state index in [1.807, 2.05) is 12.1 Å². The van der Waals surface area contributed by atoms with Crippen LogP contribution in [0.3, 0.4) is 0 Å². The van der Waals surface area contributed by atoms with Crippen LogP contribution in [0.25, 0.3) is 0 Å². The summed E-state index contributed by atoms with van der Waals surface area (Å²) >= 11 is 0. The van der Waals surface area contributed by atoms with Crippen LogP contribution in [0, 0.1) is 0 Å². The number of hydrogen-bond donors (Lipinski definition) is 1. The van der Waals surface area contributed by atoms with E-state index in [4.69, 9.17) is 23.7 Å². The number of ether oxygens (including phenoxy) is 5. The number of nitrogens with one attached hydrogen (secondary N) is 1. The Morgan fingerprint density at radius 3 is 2.03 bits per heavy atom. The van der Waals surface area contributed by atoms with Crippen LogP contribution in [0.1, 0.15) is 59.4 Å². The summed E-state index contributed by atoms with van der Waals surface area (Å²) in [6.45, 7) is 8.81. The fourth-order valence-electron chi connectivity index (χ4n) is 3.64. The van der Waals surface area contributed by atoms with Crippen molar-refractivity contribution in [3.63, 3.8) is 0 Å². The maximum absolute atomic E-state index is 12.0. The SMILES string of the molecule is CC[C@H](C)c1ccc(O[C@@H]2O[C@H](COC(C)=O)[C@H](OC(C)=O)[C@H](OC(C)=O)[C@@H]2NC(C)=O)cc1. The van der Waals surface area contributed by atoms with Gasteiger partial charge in [-0.2, -0.15) is 0 Å². The van der Waals surface area contributed by atoms with E-state index in [9.17, 15) is 19.2 Å². The van der Waals surface area contributed by atoms with Crippen molar-refractivity contribution in [3.05, 3.63) is 29.8 Å². The van der Waals surface area contributed by atoms with Crippen molar-refractivity contribution < 1.29 is 42.9 Å². The topological polar surface area (TPSA) is 126 Å². The summed E-state index contributed by atoms with van der Waals surface area (Å²) in [6.07, 6.45) is -3.51. The molecule has 10 nitrogen and oxygen atoms in total. The molecule has 1 aliphatic rings. The fraction of sp³-hybridized carbons (Fsp3) is 0.583. The number of carbonyl (C=O) groups excluding carboxylic acids is 4. The van der Waals surface area contributed by atoms with Crippen LogP contribution < -0.4 is 10.1 Å². The lowest BCUT2D eigenvalue weighted by atomic mass is 9.96. The first kappa shape index (κ1) is 27.1. The van der Waals surface area contributed by atoms with Gasteiger partial charge in [0, 0.05) is 27.7 Å². The van der Waals surface area contributed by atoms with Crippen molar-refractivity contribution in [2.24, 2.45) is 0 Å². The van der Waals surface area contributed by atoms with E-state index < -0.39 is 54.5 Å². The van der Waals surface area contributed by atoms with Gasteiger partial charge in [0.15, 0.2) is 12.2 Å². The molecule has 6 atom stereocenters. The summed E-state index contributed by atoms with van der Waals surface area (Å²) < 4.78 is 27.9. The van der Waals surface area contributed by atoms with Crippen molar-refractivity contribution >= 4 is 23.8 Å². The zero-order valence-corrected chi connectivity index (χ0v) is 20.4. The summed E-state index contributed by atoms with van der Waals surface area (Å²) in [6, 6.07) is 6.39. The fourth-order valence-corrected chi connectivity index (χ4v) is 3.64. The van der Waals surface area contributed by atoms with Gasteiger partial charge in [0.25, 0.3) is 0 Å². The monoisotopic (exact) mass is 479 g/mol. The van der Waals surface area contributed by atoms with Crippen LogP contribution in [0.5, 0.6) is 5.75 Å². The van der Waals surface area contributed by atoms with E-state index in [0.717, 1.165) is 12.0 Å². The molecule has 1 aliphatic heterocycles. The Balaban J connectivity index is 2.41. The maximum atomic E-state index is 12.0. The average molecular weight is 480 g/mol. The van der Waals surface area contributed by atoms with E-state index in [1.54, 1.807) is 12.1 Å². The van der Waals surface area contributed by atoms with Gasteiger partial charge < -0.3 is 29.0 Å². The van der Waals surface area contributed by atoms with Gasteiger partial charge in [-0.15, -0.1) is 0 Å². The molecule has 188 valence electrons. The summed E-state index contributed by atoms with van der Waals surface area (Å²) in [5.74, 6) is -1.52. The summed E-state index contributed by atoms with van der Waals surface area (Å²) in [4.78, 5) is 47.1. The highest BCUT2D eigenvalue weighted by atomic mass is 16.7. The molecule has 0 aromatic heterocycles. The lowest BCUT2D eigenvalue weighted by molar-refractivity contribution is -0.257. The minimum atomic E-state index is -1.16. The van der Waals surface area contributed by atoms with Gasteiger partial charge in [0.1, 0.15) is 24.5 Å². The molecule has 0 spiro atoms. The quantitative estimate of drug-likeness (QED) is 0.419. The molecule has 1 saturated heterocycles. The molecule has 1 fully saturated rings. The Hall–Kier alpha value is -3.14. The molecule has 0 radical (unpaired) electrons. The Morgan fingerprint density at radius 2 is 1.53 bits per heavy atom. The van der Waals surface area contributed by atoms with Crippen LogP contribution >= 0.6 is 0 Å². The summed E-state index contributed by atoms with van der Waals surface area (Å²) in [7, 11) is 0.